The van der Waals surface area contributed by atoms with E-state index in [9.17, 15) is 9.59 Å². The van der Waals surface area contributed by atoms with E-state index in [2.05, 4.69) is 10.6 Å². The summed E-state index contributed by atoms with van der Waals surface area (Å²) in [6.45, 7) is 3.85. The molecular weight excluding hydrogens is 208 g/mol. The molecule has 1 aromatic heterocycles. The van der Waals surface area contributed by atoms with E-state index >= 15 is 0 Å². The summed E-state index contributed by atoms with van der Waals surface area (Å²) in [6, 6.07) is 3.28. The molecule has 0 aliphatic carbocycles. The highest BCUT2D eigenvalue weighted by atomic mass is 16.3. The molecule has 5 nitrogen and oxygen atoms in total. The maximum absolute atomic E-state index is 11.4. The van der Waals surface area contributed by atoms with Crippen LogP contribution in [0.4, 0.5) is 0 Å². The predicted octanol–water partition coefficient (Wildman–Crippen LogP) is 0.924. The highest BCUT2D eigenvalue weighted by Gasteiger charge is 2.10. The second-order valence-electron chi connectivity index (χ2n) is 3.54. The third-order valence-corrected chi connectivity index (χ3v) is 2.17. The minimum absolute atomic E-state index is 0.0378. The minimum Gasteiger partial charge on any atom is -0.459 e. The SMILES string of the molecule is CC[C@@H](C)NC(=O)CNC(=O)c1ccco1. The first kappa shape index (κ1) is 12.3. The largest absolute Gasteiger partial charge is 0.459 e. The molecule has 0 spiro atoms. The van der Waals surface area contributed by atoms with Crippen LogP contribution in [0.5, 0.6) is 0 Å². The number of carbonyl (C=O) groups excluding carboxylic acids is 2. The fourth-order valence-corrected chi connectivity index (χ4v) is 1.08. The second kappa shape index (κ2) is 5.95. The van der Waals surface area contributed by atoms with Crippen molar-refractivity contribution in [3.63, 3.8) is 0 Å². The van der Waals surface area contributed by atoms with Crippen LogP contribution in [0.3, 0.4) is 0 Å². The number of furan rings is 1. The van der Waals surface area contributed by atoms with Gasteiger partial charge in [-0.25, -0.2) is 0 Å². The van der Waals surface area contributed by atoms with Gasteiger partial charge in [-0.3, -0.25) is 9.59 Å². The molecule has 0 radical (unpaired) electrons. The maximum atomic E-state index is 11.4. The van der Waals surface area contributed by atoms with Gasteiger partial charge in [-0.1, -0.05) is 6.92 Å². The van der Waals surface area contributed by atoms with Gasteiger partial charge in [0.05, 0.1) is 12.8 Å². The van der Waals surface area contributed by atoms with Crippen molar-refractivity contribution in [2.75, 3.05) is 6.54 Å². The number of rotatable bonds is 5. The number of hydrogen-bond acceptors (Lipinski definition) is 3. The normalized spacial score (nSPS) is 11.9. The molecule has 0 fully saturated rings. The van der Waals surface area contributed by atoms with Crippen LogP contribution in [-0.4, -0.2) is 24.4 Å². The zero-order valence-electron chi connectivity index (χ0n) is 9.45. The second-order valence-corrected chi connectivity index (χ2v) is 3.54. The van der Waals surface area contributed by atoms with E-state index in [0.29, 0.717) is 0 Å². The first-order valence-electron chi connectivity index (χ1n) is 5.24. The molecule has 0 bridgehead atoms. The van der Waals surface area contributed by atoms with Gasteiger partial charge in [0.15, 0.2) is 5.76 Å². The summed E-state index contributed by atoms with van der Waals surface area (Å²) in [6.07, 6.45) is 2.27. The van der Waals surface area contributed by atoms with E-state index in [4.69, 9.17) is 4.42 Å². The molecular formula is C11H16N2O3. The molecule has 2 N–H and O–H groups in total. The Balaban J connectivity index is 2.29. The summed E-state index contributed by atoms with van der Waals surface area (Å²) in [5.74, 6) is -0.380. The molecule has 16 heavy (non-hydrogen) atoms. The lowest BCUT2D eigenvalue weighted by Crippen LogP contribution is -2.40. The molecule has 2 amide bonds. The van der Waals surface area contributed by atoms with Crippen LogP contribution in [-0.2, 0) is 4.79 Å². The molecule has 0 aromatic carbocycles. The van der Waals surface area contributed by atoms with Crippen molar-refractivity contribution in [1.82, 2.24) is 10.6 Å². The third-order valence-electron chi connectivity index (χ3n) is 2.17. The maximum Gasteiger partial charge on any atom is 0.287 e. The number of nitrogens with one attached hydrogen (secondary N) is 2. The Labute approximate surface area is 94.2 Å². The van der Waals surface area contributed by atoms with Gasteiger partial charge in [0.1, 0.15) is 0 Å². The van der Waals surface area contributed by atoms with Gasteiger partial charge in [-0.05, 0) is 25.5 Å². The lowest BCUT2D eigenvalue weighted by molar-refractivity contribution is -0.120. The average Bonchev–Trinajstić information content (AvgIpc) is 2.79. The van der Waals surface area contributed by atoms with Crippen molar-refractivity contribution < 1.29 is 14.0 Å². The average molecular weight is 224 g/mol. The third kappa shape index (κ3) is 3.76. The van der Waals surface area contributed by atoms with Gasteiger partial charge in [0, 0.05) is 6.04 Å². The van der Waals surface area contributed by atoms with Gasteiger partial charge in [0.25, 0.3) is 5.91 Å². The van der Waals surface area contributed by atoms with Gasteiger partial charge in [-0.15, -0.1) is 0 Å². The van der Waals surface area contributed by atoms with Crippen LogP contribution in [0.15, 0.2) is 22.8 Å². The first-order valence-corrected chi connectivity index (χ1v) is 5.24. The number of amides is 2. The lowest BCUT2D eigenvalue weighted by Gasteiger charge is -2.11. The summed E-state index contributed by atoms with van der Waals surface area (Å²) in [5, 5.41) is 5.22. The molecule has 1 aromatic rings. The van der Waals surface area contributed by atoms with Crippen LogP contribution in [0, 0.1) is 0 Å². The van der Waals surface area contributed by atoms with E-state index in [1.54, 1.807) is 12.1 Å². The summed E-state index contributed by atoms with van der Waals surface area (Å²) in [5.41, 5.74) is 0. The summed E-state index contributed by atoms with van der Waals surface area (Å²) < 4.78 is 4.89. The topological polar surface area (TPSA) is 71.3 Å². The highest BCUT2D eigenvalue weighted by molar-refractivity contribution is 5.94. The fourth-order valence-electron chi connectivity index (χ4n) is 1.08. The molecule has 0 saturated carbocycles. The molecule has 1 atom stereocenters. The Bertz CT molecular complexity index is 346. The smallest absolute Gasteiger partial charge is 0.287 e. The van der Waals surface area contributed by atoms with E-state index in [1.807, 2.05) is 13.8 Å². The van der Waals surface area contributed by atoms with Crippen molar-refractivity contribution >= 4 is 11.8 Å². The van der Waals surface area contributed by atoms with E-state index < -0.39 is 0 Å². The molecule has 0 saturated heterocycles. The Morgan fingerprint density at radius 2 is 2.25 bits per heavy atom. The van der Waals surface area contributed by atoms with Crippen LogP contribution in [0.2, 0.25) is 0 Å². The Morgan fingerprint density at radius 3 is 2.81 bits per heavy atom. The van der Waals surface area contributed by atoms with E-state index in [1.165, 1.54) is 6.26 Å². The van der Waals surface area contributed by atoms with Crippen molar-refractivity contribution in [1.29, 1.82) is 0 Å². The van der Waals surface area contributed by atoms with Crippen molar-refractivity contribution in [3.05, 3.63) is 24.2 Å². The van der Waals surface area contributed by atoms with Crippen molar-refractivity contribution in [2.24, 2.45) is 0 Å². The molecule has 88 valence electrons. The molecule has 0 aliphatic heterocycles. The Morgan fingerprint density at radius 1 is 1.50 bits per heavy atom. The number of hydrogen-bond donors (Lipinski definition) is 2. The highest BCUT2D eigenvalue weighted by Crippen LogP contribution is 1.98. The first-order chi connectivity index (χ1) is 7.63. The zero-order chi connectivity index (χ0) is 12.0. The monoisotopic (exact) mass is 224 g/mol. The Hall–Kier alpha value is -1.78. The van der Waals surface area contributed by atoms with Gasteiger partial charge < -0.3 is 15.1 Å². The summed E-state index contributed by atoms with van der Waals surface area (Å²) in [7, 11) is 0. The van der Waals surface area contributed by atoms with Crippen molar-refractivity contribution in [2.45, 2.75) is 26.3 Å². The predicted molar refractivity (Wildman–Crippen MR) is 58.9 cm³/mol. The van der Waals surface area contributed by atoms with Crippen LogP contribution in [0.1, 0.15) is 30.8 Å². The van der Waals surface area contributed by atoms with Gasteiger partial charge >= 0.3 is 0 Å². The molecule has 1 heterocycles. The Kier molecular flexibility index (Phi) is 4.57. The van der Waals surface area contributed by atoms with Gasteiger partial charge in [0.2, 0.25) is 5.91 Å². The van der Waals surface area contributed by atoms with E-state index in [-0.39, 0.29) is 30.2 Å². The molecule has 5 heteroatoms. The molecule has 1 rings (SSSR count). The molecule has 0 aliphatic rings. The number of carbonyl (C=O) groups is 2. The lowest BCUT2D eigenvalue weighted by atomic mass is 10.2. The minimum atomic E-state index is -0.385. The van der Waals surface area contributed by atoms with Crippen molar-refractivity contribution in [3.8, 4) is 0 Å². The van der Waals surface area contributed by atoms with Crippen LogP contribution >= 0.6 is 0 Å². The zero-order valence-corrected chi connectivity index (χ0v) is 9.45. The van der Waals surface area contributed by atoms with Crippen LogP contribution in [0.25, 0.3) is 0 Å². The quantitative estimate of drug-likeness (QED) is 0.781. The van der Waals surface area contributed by atoms with Gasteiger partial charge in [-0.2, -0.15) is 0 Å². The fraction of sp³-hybridized carbons (Fsp3) is 0.455. The summed E-state index contributed by atoms with van der Waals surface area (Å²) >= 11 is 0. The van der Waals surface area contributed by atoms with E-state index in [0.717, 1.165) is 6.42 Å². The van der Waals surface area contributed by atoms with Crippen LogP contribution < -0.4 is 10.6 Å². The summed E-state index contributed by atoms with van der Waals surface area (Å²) in [4.78, 5) is 22.7. The standard InChI is InChI=1S/C11H16N2O3/c1-3-8(2)13-10(14)7-12-11(15)9-5-4-6-16-9/h4-6,8H,3,7H2,1-2H3,(H,12,15)(H,13,14)/t8-/m1/s1. The molecule has 0 unspecified atom stereocenters.